The molecule has 2 rings (SSSR count). The highest BCUT2D eigenvalue weighted by Gasteiger charge is 2.43. The van der Waals surface area contributed by atoms with Gasteiger partial charge in [-0.3, -0.25) is 4.79 Å². The summed E-state index contributed by atoms with van der Waals surface area (Å²) in [5.41, 5.74) is 5.87. The molecule has 3 N–H and O–H groups in total. The average Bonchev–Trinajstić information content (AvgIpc) is 2.62. The number of rotatable bonds is 4. The first kappa shape index (κ1) is 10.9. The first-order chi connectivity index (χ1) is 7.26. The van der Waals surface area contributed by atoms with Gasteiger partial charge in [0.25, 0.3) is 0 Å². The van der Waals surface area contributed by atoms with Gasteiger partial charge in [-0.05, 0) is 24.7 Å². The van der Waals surface area contributed by atoms with Gasteiger partial charge in [0.05, 0.1) is 6.54 Å². The number of hydrogen-bond donors (Lipinski definition) is 2. The summed E-state index contributed by atoms with van der Waals surface area (Å²) in [5, 5.41) is 3.06. The maximum atomic E-state index is 11.8. The highest BCUT2D eigenvalue weighted by molar-refractivity contribution is 5.78. The molecule has 1 amide bonds. The highest BCUT2D eigenvalue weighted by atomic mass is 16.2. The molecular weight excluding hydrogens is 190 g/mol. The van der Waals surface area contributed by atoms with Gasteiger partial charge in [-0.25, -0.2) is 0 Å². The molecule has 15 heavy (non-hydrogen) atoms. The second-order valence-electron chi connectivity index (χ2n) is 4.88. The van der Waals surface area contributed by atoms with Crippen molar-refractivity contribution in [3.8, 4) is 0 Å². The summed E-state index contributed by atoms with van der Waals surface area (Å²) in [4.78, 5) is 13.8. The first-order valence-corrected chi connectivity index (χ1v) is 5.94. The summed E-state index contributed by atoms with van der Waals surface area (Å²) in [5.74, 6) is 0.243. The lowest BCUT2D eigenvalue weighted by molar-refractivity contribution is -0.129. The molecule has 0 aromatic heterocycles. The molecule has 1 saturated heterocycles. The smallest absolute Gasteiger partial charge is 0.236 e. The van der Waals surface area contributed by atoms with Crippen LogP contribution in [0.1, 0.15) is 25.7 Å². The molecule has 0 atom stereocenters. The molecule has 0 aromatic carbocycles. The minimum atomic E-state index is 0.243. The quantitative estimate of drug-likeness (QED) is 0.640. The van der Waals surface area contributed by atoms with Gasteiger partial charge >= 0.3 is 0 Å². The van der Waals surface area contributed by atoms with E-state index in [0.29, 0.717) is 18.5 Å². The van der Waals surface area contributed by atoms with Gasteiger partial charge in [0.1, 0.15) is 0 Å². The van der Waals surface area contributed by atoms with Crippen molar-refractivity contribution in [2.75, 3.05) is 32.7 Å². The fraction of sp³-hybridized carbons (Fsp3) is 0.909. The molecular formula is C11H21N3O. The van der Waals surface area contributed by atoms with Crippen LogP contribution >= 0.6 is 0 Å². The molecule has 1 aliphatic carbocycles. The normalized spacial score (nSPS) is 23.1. The van der Waals surface area contributed by atoms with Gasteiger partial charge in [0.15, 0.2) is 0 Å². The zero-order valence-corrected chi connectivity index (χ0v) is 9.30. The molecule has 86 valence electrons. The van der Waals surface area contributed by atoms with Crippen LogP contribution in [0.15, 0.2) is 0 Å². The van der Waals surface area contributed by atoms with Gasteiger partial charge in [0.2, 0.25) is 5.91 Å². The Bertz CT molecular complexity index is 238. The van der Waals surface area contributed by atoms with Crippen molar-refractivity contribution in [2.24, 2.45) is 11.1 Å². The van der Waals surface area contributed by atoms with Crippen molar-refractivity contribution in [3.05, 3.63) is 0 Å². The lowest BCUT2D eigenvalue weighted by Gasteiger charge is -2.37. The average molecular weight is 211 g/mol. The van der Waals surface area contributed by atoms with Crippen LogP contribution in [0.2, 0.25) is 0 Å². The third-order valence-corrected chi connectivity index (χ3v) is 3.80. The van der Waals surface area contributed by atoms with E-state index >= 15 is 0 Å². The predicted molar refractivity (Wildman–Crippen MR) is 59.4 cm³/mol. The fourth-order valence-electron chi connectivity index (χ4n) is 2.64. The van der Waals surface area contributed by atoms with E-state index in [-0.39, 0.29) is 5.91 Å². The molecule has 2 fully saturated rings. The molecule has 1 saturated carbocycles. The van der Waals surface area contributed by atoms with Gasteiger partial charge in [0, 0.05) is 26.2 Å². The monoisotopic (exact) mass is 211 g/mol. The van der Waals surface area contributed by atoms with Gasteiger partial charge in [-0.2, -0.15) is 0 Å². The van der Waals surface area contributed by atoms with E-state index in [1.54, 1.807) is 0 Å². The topological polar surface area (TPSA) is 58.4 Å². The second-order valence-corrected chi connectivity index (χ2v) is 4.88. The molecule has 2 aliphatic rings. The van der Waals surface area contributed by atoms with E-state index in [2.05, 4.69) is 5.32 Å². The van der Waals surface area contributed by atoms with Crippen molar-refractivity contribution in [1.82, 2.24) is 10.2 Å². The maximum absolute atomic E-state index is 11.8. The number of nitrogens with two attached hydrogens (primary N) is 1. The largest absolute Gasteiger partial charge is 0.341 e. The Morgan fingerprint density at radius 2 is 2.20 bits per heavy atom. The Morgan fingerprint density at radius 1 is 1.40 bits per heavy atom. The molecule has 1 heterocycles. The van der Waals surface area contributed by atoms with Crippen LogP contribution in [0.5, 0.6) is 0 Å². The number of amides is 1. The number of carbonyl (C=O) groups excluding carboxylic acids is 1. The molecule has 4 heteroatoms. The summed E-state index contributed by atoms with van der Waals surface area (Å²) >= 11 is 0. The Labute approximate surface area is 91.2 Å². The van der Waals surface area contributed by atoms with Crippen LogP contribution in [0, 0.1) is 5.41 Å². The van der Waals surface area contributed by atoms with Gasteiger partial charge < -0.3 is 16.0 Å². The predicted octanol–water partition coefficient (Wildman–Crippen LogP) is -0.0627. The Balaban J connectivity index is 1.72. The van der Waals surface area contributed by atoms with Crippen LogP contribution in [-0.4, -0.2) is 43.5 Å². The Morgan fingerprint density at radius 3 is 2.73 bits per heavy atom. The summed E-state index contributed by atoms with van der Waals surface area (Å²) in [6, 6.07) is 0. The summed E-state index contributed by atoms with van der Waals surface area (Å²) < 4.78 is 0. The molecule has 1 spiro atoms. The first-order valence-electron chi connectivity index (χ1n) is 5.94. The lowest BCUT2D eigenvalue weighted by atomic mass is 9.68. The van der Waals surface area contributed by atoms with Crippen LogP contribution in [0.25, 0.3) is 0 Å². The zero-order valence-electron chi connectivity index (χ0n) is 9.30. The van der Waals surface area contributed by atoms with Gasteiger partial charge in [-0.15, -0.1) is 0 Å². The third kappa shape index (κ3) is 2.32. The zero-order chi connectivity index (χ0) is 10.7. The molecule has 0 unspecified atom stereocenters. The lowest BCUT2D eigenvalue weighted by Crippen LogP contribution is -2.40. The number of likely N-dealkylation sites (tertiary alicyclic amines) is 1. The van der Waals surface area contributed by atoms with Crippen LogP contribution in [0.3, 0.4) is 0 Å². The molecule has 4 nitrogen and oxygen atoms in total. The highest BCUT2D eigenvalue weighted by Crippen LogP contribution is 2.47. The van der Waals surface area contributed by atoms with Crippen molar-refractivity contribution in [3.63, 3.8) is 0 Å². The molecule has 0 aromatic rings. The van der Waals surface area contributed by atoms with E-state index in [1.165, 1.54) is 25.7 Å². The Kier molecular flexibility index (Phi) is 3.26. The summed E-state index contributed by atoms with van der Waals surface area (Å²) in [6.45, 7) is 3.73. The van der Waals surface area contributed by atoms with Crippen LogP contribution in [-0.2, 0) is 4.79 Å². The molecule has 0 bridgehead atoms. The molecule has 1 aliphatic heterocycles. The van der Waals surface area contributed by atoms with Gasteiger partial charge in [-0.1, -0.05) is 6.42 Å². The van der Waals surface area contributed by atoms with Crippen molar-refractivity contribution in [1.29, 1.82) is 0 Å². The fourth-order valence-corrected chi connectivity index (χ4v) is 2.64. The standard InChI is InChI=1S/C11H21N3O/c12-5-6-13-8-10(15)14-7-4-11(9-14)2-1-3-11/h13H,1-9,12H2. The van der Waals surface area contributed by atoms with Crippen LogP contribution < -0.4 is 11.1 Å². The summed E-state index contributed by atoms with van der Waals surface area (Å²) in [6.07, 6.45) is 5.23. The minimum absolute atomic E-state index is 0.243. The third-order valence-electron chi connectivity index (χ3n) is 3.80. The number of nitrogens with one attached hydrogen (secondary N) is 1. The summed E-state index contributed by atoms with van der Waals surface area (Å²) in [7, 11) is 0. The van der Waals surface area contributed by atoms with E-state index in [0.717, 1.165) is 19.6 Å². The number of hydrogen-bond acceptors (Lipinski definition) is 3. The van der Waals surface area contributed by atoms with Crippen LogP contribution in [0.4, 0.5) is 0 Å². The second kappa shape index (κ2) is 4.49. The van der Waals surface area contributed by atoms with Crippen molar-refractivity contribution < 1.29 is 4.79 Å². The number of nitrogens with zero attached hydrogens (tertiary/aromatic N) is 1. The van der Waals surface area contributed by atoms with E-state index in [1.807, 2.05) is 4.90 Å². The number of carbonyl (C=O) groups is 1. The maximum Gasteiger partial charge on any atom is 0.236 e. The van der Waals surface area contributed by atoms with E-state index in [9.17, 15) is 4.79 Å². The van der Waals surface area contributed by atoms with E-state index in [4.69, 9.17) is 5.73 Å². The molecule has 0 radical (unpaired) electrons. The minimum Gasteiger partial charge on any atom is -0.341 e. The SMILES string of the molecule is NCCNCC(=O)N1CCC2(CCC2)C1. The van der Waals surface area contributed by atoms with Crippen molar-refractivity contribution >= 4 is 5.91 Å². The van der Waals surface area contributed by atoms with E-state index < -0.39 is 0 Å². The van der Waals surface area contributed by atoms with Crippen molar-refractivity contribution in [2.45, 2.75) is 25.7 Å². The Hall–Kier alpha value is -0.610.